The molecule has 1 heterocycles. The summed E-state index contributed by atoms with van der Waals surface area (Å²) in [6, 6.07) is 5.51. The molecule has 1 aliphatic heterocycles. The lowest BCUT2D eigenvalue weighted by molar-refractivity contribution is -0.275. The monoisotopic (exact) mass is 318 g/mol. The number of benzene rings is 1. The van der Waals surface area contributed by atoms with E-state index in [4.69, 9.17) is 4.74 Å². The van der Waals surface area contributed by atoms with Gasteiger partial charge in [-0.05, 0) is 12.1 Å². The van der Waals surface area contributed by atoms with Gasteiger partial charge in [-0.3, -0.25) is 0 Å². The van der Waals surface area contributed by atoms with Crippen LogP contribution in [0.5, 0.6) is 11.5 Å². The lowest BCUT2D eigenvalue weighted by Gasteiger charge is -2.32. The van der Waals surface area contributed by atoms with Crippen LogP contribution < -0.4 is 14.8 Å². The molecule has 0 unspecified atom stereocenters. The predicted octanol–water partition coefficient (Wildman–Crippen LogP) is 2.77. The molecule has 0 saturated carbocycles. The number of hydrogen-bond acceptors (Lipinski definition) is 3. The van der Waals surface area contributed by atoms with Gasteiger partial charge < -0.3 is 19.7 Å². The molecule has 2 rings (SSSR count). The van der Waals surface area contributed by atoms with Gasteiger partial charge in [0.15, 0.2) is 11.5 Å². The maximum atomic E-state index is 12.4. The Hall–Kier alpha value is -2.12. The number of rotatable bonds is 3. The van der Waals surface area contributed by atoms with Crippen molar-refractivity contribution in [3.8, 4) is 11.5 Å². The zero-order valence-electron chi connectivity index (χ0n) is 12.0. The fraction of sp³-hybridized carbons (Fsp3) is 0.500. The summed E-state index contributed by atoms with van der Waals surface area (Å²) in [5, 5.41) is 2.54. The number of amides is 2. The first-order valence-corrected chi connectivity index (χ1v) is 6.87. The number of nitrogens with one attached hydrogen (secondary N) is 1. The summed E-state index contributed by atoms with van der Waals surface area (Å²) >= 11 is 0. The molecular formula is C14H17F3N2O3. The summed E-state index contributed by atoms with van der Waals surface area (Å²) < 4.78 is 46.6. The number of likely N-dealkylation sites (tertiary alicyclic amines) is 1. The van der Waals surface area contributed by atoms with E-state index in [0.717, 1.165) is 0 Å². The minimum atomic E-state index is -4.76. The quantitative estimate of drug-likeness (QED) is 0.932. The normalized spacial score (nSPS) is 16.3. The number of piperidine rings is 1. The third-order valence-electron chi connectivity index (χ3n) is 3.31. The maximum absolute atomic E-state index is 12.4. The fourth-order valence-corrected chi connectivity index (χ4v) is 2.27. The van der Waals surface area contributed by atoms with E-state index in [1.165, 1.54) is 18.2 Å². The van der Waals surface area contributed by atoms with Crippen LogP contribution in [-0.2, 0) is 0 Å². The van der Waals surface area contributed by atoms with Crippen LogP contribution in [0.15, 0.2) is 24.3 Å². The SMILES string of the molecule is CNC(=O)N1CCC(Oc2ccccc2OC(F)(F)F)CC1. The summed E-state index contributed by atoms with van der Waals surface area (Å²) in [7, 11) is 1.55. The summed E-state index contributed by atoms with van der Waals surface area (Å²) in [5.74, 6) is -0.304. The molecule has 5 nitrogen and oxygen atoms in total. The number of halogens is 3. The van der Waals surface area contributed by atoms with Gasteiger partial charge in [0.1, 0.15) is 6.10 Å². The van der Waals surface area contributed by atoms with E-state index in [2.05, 4.69) is 10.1 Å². The van der Waals surface area contributed by atoms with E-state index in [1.54, 1.807) is 18.0 Å². The van der Waals surface area contributed by atoms with Crippen LogP contribution in [0.2, 0.25) is 0 Å². The summed E-state index contributed by atoms with van der Waals surface area (Å²) in [6.07, 6.45) is -3.91. The van der Waals surface area contributed by atoms with Crippen molar-refractivity contribution in [2.24, 2.45) is 0 Å². The standard InChI is InChI=1S/C14H17F3N2O3/c1-18-13(20)19-8-6-10(7-9-19)21-11-4-2-3-5-12(11)22-14(15,16)17/h2-5,10H,6-9H2,1H3,(H,18,20). The number of urea groups is 1. The largest absolute Gasteiger partial charge is 0.573 e. The molecule has 0 spiro atoms. The lowest BCUT2D eigenvalue weighted by Crippen LogP contribution is -2.45. The van der Waals surface area contributed by atoms with Crippen molar-refractivity contribution in [2.45, 2.75) is 25.3 Å². The molecule has 1 N–H and O–H groups in total. The molecule has 0 radical (unpaired) electrons. The first-order valence-electron chi connectivity index (χ1n) is 6.87. The molecule has 0 bridgehead atoms. The van der Waals surface area contributed by atoms with E-state index in [-0.39, 0.29) is 23.6 Å². The predicted molar refractivity (Wildman–Crippen MR) is 72.8 cm³/mol. The van der Waals surface area contributed by atoms with E-state index in [1.807, 2.05) is 0 Å². The zero-order valence-corrected chi connectivity index (χ0v) is 12.0. The molecule has 1 fully saturated rings. The molecular weight excluding hydrogens is 301 g/mol. The van der Waals surface area contributed by atoms with Crippen molar-refractivity contribution in [1.82, 2.24) is 10.2 Å². The molecule has 2 amide bonds. The van der Waals surface area contributed by atoms with E-state index < -0.39 is 6.36 Å². The van der Waals surface area contributed by atoms with Crippen molar-refractivity contribution in [3.63, 3.8) is 0 Å². The summed E-state index contributed by atoms with van der Waals surface area (Å²) in [4.78, 5) is 13.1. The van der Waals surface area contributed by atoms with Crippen LogP contribution >= 0.6 is 0 Å². The Labute approximate surface area is 126 Å². The van der Waals surface area contributed by atoms with Gasteiger partial charge in [-0.2, -0.15) is 0 Å². The highest BCUT2D eigenvalue weighted by atomic mass is 19.4. The number of alkyl halides is 3. The molecule has 1 aromatic rings. The lowest BCUT2D eigenvalue weighted by atomic mass is 10.1. The van der Waals surface area contributed by atoms with E-state index in [9.17, 15) is 18.0 Å². The zero-order chi connectivity index (χ0) is 16.2. The van der Waals surface area contributed by atoms with Gasteiger partial charge in [0.25, 0.3) is 0 Å². The Morgan fingerprint density at radius 2 is 1.82 bits per heavy atom. The number of hydrogen-bond donors (Lipinski definition) is 1. The highest BCUT2D eigenvalue weighted by Crippen LogP contribution is 2.33. The third kappa shape index (κ3) is 4.44. The van der Waals surface area contributed by atoms with E-state index >= 15 is 0 Å². The molecule has 1 aliphatic rings. The molecule has 1 aromatic carbocycles. The first-order chi connectivity index (χ1) is 10.4. The Balaban J connectivity index is 1.96. The first kappa shape index (κ1) is 16.3. The number of para-hydroxylation sites is 2. The van der Waals surface area contributed by atoms with Gasteiger partial charge in [0, 0.05) is 33.0 Å². The topological polar surface area (TPSA) is 50.8 Å². The smallest absolute Gasteiger partial charge is 0.486 e. The van der Waals surface area contributed by atoms with Crippen molar-refractivity contribution in [1.29, 1.82) is 0 Å². The van der Waals surface area contributed by atoms with Crippen LogP contribution in [-0.4, -0.2) is 43.5 Å². The van der Waals surface area contributed by atoms with Crippen molar-refractivity contribution < 1.29 is 27.4 Å². The van der Waals surface area contributed by atoms with Gasteiger partial charge in [0.05, 0.1) is 0 Å². The van der Waals surface area contributed by atoms with Gasteiger partial charge in [-0.25, -0.2) is 4.79 Å². The minimum absolute atomic E-state index is 0.0539. The van der Waals surface area contributed by atoms with Crippen molar-refractivity contribution in [3.05, 3.63) is 24.3 Å². The number of carbonyl (C=O) groups excluding carboxylic acids is 1. The van der Waals surface area contributed by atoms with E-state index in [0.29, 0.717) is 25.9 Å². The van der Waals surface area contributed by atoms with Crippen molar-refractivity contribution in [2.75, 3.05) is 20.1 Å². The Morgan fingerprint density at radius 1 is 1.23 bits per heavy atom. The average Bonchev–Trinajstić information content (AvgIpc) is 2.48. The minimum Gasteiger partial charge on any atom is -0.486 e. The molecule has 0 aromatic heterocycles. The molecule has 0 atom stereocenters. The van der Waals surface area contributed by atoms with Gasteiger partial charge >= 0.3 is 12.4 Å². The second-order valence-corrected chi connectivity index (χ2v) is 4.85. The molecule has 22 heavy (non-hydrogen) atoms. The average molecular weight is 318 g/mol. The Bertz CT molecular complexity index is 514. The summed E-state index contributed by atoms with van der Waals surface area (Å²) in [5.41, 5.74) is 0. The highest BCUT2D eigenvalue weighted by molar-refractivity contribution is 5.73. The Morgan fingerprint density at radius 3 is 2.36 bits per heavy atom. The van der Waals surface area contributed by atoms with Crippen molar-refractivity contribution >= 4 is 6.03 Å². The van der Waals surface area contributed by atoms with Crippen LogP contribution in [0, 0.1) is 0 Å². The van der Waals surface area contributed by atoms with Crippen LogP contribution in [0.25, 0.3) is 0 Å². The summed E-state index contributed by atoms with van der Waals surface area (Å²) in [6.45, 7) is 0.985. The fourth-order valence-electron chi connectivity index (χ4n) is 2.27. The second kappa shape index (κ2) is 6.76. The van der Waals surface area contributed by atoms with Gasteiger partial charge in [0.2, 0.25) is 0 Å². The highest BCUT2D eigenvalue weighted by Gasteiger charge is 2.33. The van der Waals surface area contributed by atoms with Crippen LogP contribution in [0.1, 0.15) is 12.8 Å². The van der Waals surface area contributed by atoms with Crippen LogP contribution in [0.4, 0.5) is 18.0 Å². The second-order valence-electron chi connectivity index (χ2n) is 4.85. The molecule has 0 aliphatic carbocycles. The molecule has 8 heteroatoms. The van der Waals surface area contributed by atoms with Crippen LogP contribution in [0.3, 0.4) is 0 Å². The van der Waals surface area contributed by atoms with Gasteiger partial charge in [-0.15, -0.1) is 13.2 Å². The molecule has 122 valence electrons. The molecule has 1 saturated heterocycles. The van der Waals surface area contributed by atoms with Gasteiger partial charge in [-0.1, -0.05) is 12.1 Å². The maximum Gasteiger partial charge on any atom is 0.573 e. The Kier molecular flexibility index (Phi) is 4.99. The third-order valence-corrected chi connectivity index (χ3v) is 3.31. The number of ether oxygens (including phenoxy) is 2. The number of nitrogens with zero attached hydrogens (tertiary/aromatic N) is 1. The number of carbonyl (C=O) groups is 1.